The largest absolute Gasteiger partial charge is 0.389 e. The average molecular weight is 301 g/mol. The molecule has 0 spiro atoms. The molecule has 2 unspecified atom stereocenters. The van der Waals surface area contributed by atoms with Crippen molar-refractivity contribution < 1.29 is 10.2 Å². The van der Waals surface area contributed by atoms with E-state index in [9.17, 15) is 10.2 Å². The normalized spacial score (nSPS) is 15.2. The van der Waals surface area contributed by atoms with Crippen LogP contribution in [0.5, 0.6) is 0 Å². The summed E-state index contributed by atoms with van der Waals surface area (Å²) in [5.74, 6) is 0. The van der Waals surface area contributed by atoms with E-state index in [1.165, 1.54) is 12.1 Å². The van der Waals surface area contributed by atoms with Gasteiger partial charge in [0.05, 0.1) is 6.10 Å². The van der Waals surface area contributed by atoms with Crippen LogP contribution in [0, 0.1) is 0 Å². The molecule has 0 saturated carbocycles. The van der Waals surface area contributed by atoms with Gasteiger partial charge in [-0.3, -0.25) is 0 Å². The molecule has 0 aliphatic rings. The SMILES string of the molecule is OC(CBr)C(O)c1cc(Cl)nc(Cl)c1. The topological polar surface area (TPSA) is 53.4 Å². The van der Waals surface area contributed by atoms with Gasteiger partial charge in [-0.15, -0.1) is 0 Å². The molecule has 0 bridgehead atoms. The van der Waals surface area contributed by atoms with E-state index in [-0.39, 0.29) is 15.6 Å². The second-order valence-corrected chi connectivity index (χ2v) is 4.13. The van der Waals surface area contributed by atoms with Crippen molar-refractivity contribution in [1.82, 2.24) is 4.98 Å². The van der Waals surface area contributed by atoms with Gasteiger partial charge in [0.25, 0.3) is 0 Å². The van der Waals surface area contributed by atoms with Gasteiger partial charge in [-0.1, -0.05) is 39.1 Å². The van der Waals surface area contributed by atoms with Crippen LogP contribution in [0.3, 0.4) is 0 Å². The first-order valence-corrected chi connectivity index (χ1v) is 5.67. The summed E-state index contributed by atoms with van der Waals surface area (Å²) in [6.45, 7) is 0. The van der Waals surface area contributed by atoms with Gasteiger partial charge in [-0.05, 0) is 17.7 Å². The van der Waals surface area contributed by atoms with Crippen molar-refractivity contribution in [2.75, 3.05) is 5.33 Å². The number of aromatic nitrogens is 1. The van der Waals surface area contributed by atoms with E-state index in [0.717, 1.165) is 0 Å². The maximum Gasteiger partial charge on any atom is 0.131 e. The van der Waals surface area contributed by atoms with Gasteiger partial charge in [-0.25, -0.2) is 4.98 Å². The molecule has 0 aliphatic carbocycles. The van der Waals surface area contributed by atoms with E-state index in [1.807, 2.05) is 0 Å². The minimum atomic E-state index is -1.02. The third-order valence-electron chi connectivity index (χ3n) is 1.65. The molecule has 1 aromatic heterocycles. The van der Waals surface area contributed by atoms with E-state index in [4.69, 9.17) is 23.2 Å². The lowest BCUT2D eigenvalue weighted by Crippen LogP contribution is -2.19. The average Bonchev–Trinajstić information content (AvgIpc) is 2.14. The fourth-order valence-electron chi connectivity index (χ4n) is 0.961. The van der Waals surface area contributed by atoms with Crippen molar-refractivity contribution in [1.29, 1.82) is 0 Å². The molecule has 14 heavy (non-hydrogen) atoms. The zero-order valence-electron chi connectivity index (χ0n) is 6.99. The summed E-state index contributed by atoms with van der Waals surface area (Å²) in [7, 11) is 0. The van der Waals surface area contributed by atoms with Gasteiger partial charge in [0.1, 0.15) is 16.4 Å². The van der Waals surface area contributed by atoms with Crippen LogP contribution in [-0.4, -0.2) is 26.6 Å². The highest BCUT2D eigenvalue weighted by atomic mass is 79.9. The van der Waals surface area contributed by atoms with Crippen molar-refractivity contribution in [2.24, 2.45) is 0 Å². The minimum Gasteiger partial charge on any atom is -0.389 e. The molecule has 3 nitrogen and oxygen atoms in total. The molecule has 1 rings (SSSR count). The summed E-state index contributed by atoms with van der Waals surface area (Å²) in [5.41, 5.74) is 0.446. The predicted octanol–water partition coefficient (Wildman–Crippen LogP) is 2.18. The van der Waals surface area contributed by atoms with E-state index in [0.29, 0.717) is 5.56 Å². The number of pyridine rings is 1. The van der Waals surface area contributed by atoms with Gasteiger partial charge in [0.2, 0.25) is 0 Å². The molecule has 1 heterocycles. The van der Waals surface area contributed by atoms with Gasteiger partial charge in [-0.2, -0.15) is 0 Å². The number of rotatable bonds is 3. The van der Waals surface area contributed by atoms with Crippen molar-refractivity contribution >= 4 is 39.1 Å². The van der Waals surface area contributed by atoms with Crippen LogP contribution >= 0.6 is 39.1 Å². The Hall–Kier alpha value is 0.130. The van der Waals surface area contributed by atoms with Crippen LogP contribution < -0.4 is 0 Å². The van der Waals surface area contributed by atoms with Crippen molar-refractivity contribution in [3.8, 4) is 0 Å². The number of alkyl halides is 1. The van der Waals surface area contributed by atoms with Crippen LogP contribution in [0.2, 0.25) is 10.3 Å². The third-order valence-corrected chi connectivity index (χ3v) is 2.70. The molecule has 0 aromatic carbocycles. The van der Waals surface area contributed by atoms with Gasteiger partial charge in [0, 0.05) is 5.33 Å². The summed E-state index contributed by atoms with van der Waals surface area (Å²) in [6.07, 6.45) is -1.92. The van der Waals surface area contributed by atoms with Gasteiger partial charge >= 0.3 is 0 Å². The van der Waals surface area contributed by atoms with Gasteiger partial charge < -0.3 is 10.2 Å². The smallest absolute Gasteiger partial charge is 0.131 e. The molecule has 0 fully saturated rings. The number of hydrogen-bond donors (Lipinski definition) is 2. The van der Waals surface area contributed by atoms with Crippen LogP contribution in [0.25, 0.3) is 0 Å². The molecule has 0 saturated heterocycles. The molecule has 0 radical (unpaired) electrons. The summed E-state index contributed by atoms with van der Waals surface area (Å²) >= 11 is 14.3. The molecule has 78 valence electrons. The number of aliphatic hydroxyl groups excluding tert-OH is 2. The Kier molecular flexibility index (Phi) is 4.60. The maximum absolute atomic E-state index is 9.61. The number of nitrogens with zero attached hydrogens (tertiary/aromatic N) is 1. The zero-order chi connectivity index (χ0) is 10.7. The molecular weight excluding hydrogens is 293 g/mol. The maximum atomic E-state index is 9.61. The molecule has 2 N–H and O–H groups in total. The number of hydrogen-bond acceptors (Lipinski definition) is 3. The molecule has 2 atom stereocenters. The Morgan fingerprint density at radius 1 is 1.29 bits per heavy atom. The van der Waals surface area contributed by atoms with E-state index < -0.39 is 12.2 Å². The molecule has 1 aromatic rings. The molecule has 6 heteroatoms. The third kappa shape index (κ3) is 3.07. The first kappa shape index (κ1) is 12.2. The summed E-state index contributed by atoms with van der Waals surface area (Å²) in [4.78, 5) is 3.73. The van der Waals surface area contributed by atoms with E-state index in [2.05, 4.69) is 20.9 Å². The lowest BCUT2D eigenvalue weighted by atomic mass is 10.1. The monoisotopic (exact) mass is 299 g/mol. The standard InChI is InChI=1S/C8H8BrCl2NO2/c9-3-5(13)8(14)4-1-6(10)12-7(11)2-4/h1-2,5,8,13-14H,3H2. The number of aliphatic hydroxyl groups is 2. The van der Waals surface area contributed by atoms with E-state index in [1.54, 1.807) is 0 Å². The Labute approximate surface area is 99.8 Å². The fraction of sp³-hybridized carbons (Fsp3) is 0.375. The van der Waals surface area contributed by atoms with Crippen molar-refractivity contribution in [3.63, 3.8) is 0 Å². The van der Waals surface area contributed by atoms with Gasteiger partial charge in [0.15, 0.2) is 0 Å². The lowest BCUT2D eigenvalue weighted by Gasteiger charge is -2.15. The predicted molar refractivity (Wildman–Crippen MR) is 59.0 cm³/mol. The summed E-state index contributed by atoms with van der Waals surface area (Å²) < 4.78 is 0. The quantitative estimate of drug-likeness (QED) is 0.664. The molecule has 0 aliphatic heterocycles. The lowest BCUT2D eigenvalue weighted by molar-refractivity contribution is 0.0342. The number of halogens is 3. The zero-order valence-corrected chi connectivity index (χ0v) is 10.1. The Balaban J connectivity index is 2.94. The molecule has 0 amide bonds. The highest BCUT2D eigenvalue weighted by Gasteiger charge is 2.18. The Morgan fingerprint density at radius 3 is 2.21 bits per heavy atom. The van der Waals surface area contributed by atoms with Crippen LogP contribution in [-0.2, 0) is 0 Å². The molecular formula is C8H8BrCl2NO2. The minimum absolute atomic E-state index is 0.188. The first-order chi connectivity index (χ1) is 6.54. The van der Waals surface area contributed by atoms with Crippen molar-refractivity contribution in [2.45, 2.75) is 12.2 Å². The highest BCUT2D eigenvalue weighted by Crippen LogP contribution is 2.23. The summed E-state index contributed by atoms with van der Waals surface area (Å²) in [6, 6.07) is 2.92. The van der Waals surface area contributed by atoms with Crippen LogP contribution in [0.15, 0.2) is 12.1 Å². The Morgan fingerprint density at radius 2 is 1.79 bits per heavy atom. The van der Waals surface area contributed by atoms with Crippen LogP contribution in [0.1, 0.15) is 11.7 Å². The second kappa shape index (κ2) is 5.28. The first-order valence-electron chi connectivity index (χ1n) is 3.79. The highest BCUT2D eigenvalue weighted by molar-refractivity contribution is 9.09. The second-order valence-electron chi connectivity index (χ2n) is 2.71. The van der Waals surface area contributed by atoms with E-state index >= 15 is 0 Å². The van der Waals surface area contributed by atoms with Crippen molar-refractivity contribution in [3.05, 3.63) is 28.0 Å². The summed E-state index contributed by atoms with van der Waals surface area (Å²) in [5, 5.41) is 19.6. The van der Waals surface area contributed by atoms with Crippen LogP contribution in [0.4, 0.5) is 0 Å². The Bertz CT molecular complexity index is 304. The fourth-order valence-corrected chi connectivity index (χ4v) is 1.79.